The highest BCUT2D eigenvalue weighted by atomic mass is 16.5. The Balaban J connectivity index is 2.19. The van der Waals surface area contributed by atoms with Crippen molar-refractivity contribution in [1.82, 2.24) is 4.90 Å². The molecule has 4 heteroatoms. The van der Waals surface area contributed by atoms with Crippen molar-refractivity contribution >= 4 is 5.69 Å². The summed E-state index contributed by atoms with van der Waals surface area (Å²) in [6.07, 6.45) is 0. The van der Waals surface area contributed by atoms with Gasteiger partial charge in [-0.2, -0.15) is 0 Å². The molecule has 2 rings (SSSR count). The van der Waals surface area contributed by atoms with Gasteiger partial charge in [-0.3, -0.25) is 4.90 Å². The lowest BCUT2D eigenvalue weighted by Crippen LogP contribution is -2.56. The minimum atomic E-state index is -0.144. The molecule has 0 aromatic heterocycles. The molecule has 0 amide bonds. The van der Waals surface area contributed by atoms with E-state index in [0.29, 0.717) is 0 Å². The Morgan fingerprint density at radius 2 is 1.80 bits per heavy atom. The zero-order valence-corrected chi connectivity index (χ0v) is 13.2. The van der Waals surface area contributed by atoms with Gasteiger partial charge < -0.3 is 15.2 Å². The molecule has 112 valence electrons. The Morgan fingerprint density at radius 1 is 1.20 bits per heavy atom. The monoisotopic (exact) mass is 278 g/mol. The Kier molecular flexibility index (Phi) is 3.98. The minimum absolute atomic E-state index is 0.144. The van der Waals surface area contributed by atoms with Crippen LogP contribution >= 0.6 is 0 Å². The number of morpholine rings is 1. The normalized spacial score (nSPS) is 21.6. The zero-order chi connectivity index (χ0) is 15.0. The van der Waals surface area contributed by atoms with E-state index in [-0.39, 0.29) is 11.2 Å². The number of anilines is 1. The van der Waals surface area contributed by atoms with Crippen LogP contribution in [0.1, 0.15) is 33.3 Å². The van der Waals surface area contributed by atoms with Crippen molar-refractivity contribution in [2.24, 2.45) is 0 Å². The van der Waals surface area contributed by atoms with Crippen molar-refractivity contribution in [3.63, 3.8) is 0 Å². The molecule has 1 aliphatic heterocycles. The van der Waals surface area contributed by atoms with Crippen LogP contribution in [0.5, 0.6) is 5.75 Å². The van der Waals surface area contributed by atoms with E-state index in [1.807, 2.05) is 18.2 Å². The predicted octanol–water partition coefficient (Wildman–Crippen LogP) is 2.67. The summed E-state index contributed by atoms with van der Waals surface area (Å²) in [5, 5.41) is 0. The molecule has 0 spiro atoms. The summed E-state index contributed by atoms with van der Waals surface area (Å²) in [5.74, 6) is 0.890. The number of nitrogens with two attached hydrogens (primary N) is 1. The molecule has 1 aromatic carbocycles. The summed E-state index contributed by atoms with van der Waals surface area (Å²) in [7, 11) is 1.70. The first-order chi connectivity index (χ1) is 9.21. The summed E-state index contributed by atoms with van der Waals surface area (Å²) in [4.78, 5) is 2.40. The number of hydrogen-bond acceptors (Lipinski definition) is 4. The molecule has 0 radical (unpaired) electrons. The van der Waals surface area contributed by atoms with Crippen LogP contribution in [0.25, 0.3) is 0 Å². The van der Waals surface area contributed by atoms with Crippen molar-refractivity contribution in [2.75, 3.05) is 25.9 Å². The third-order valence-corrected chi connectivity index (χ3v) is 3.46. The topological polar surface area (TPSA) is 47.7 Å². The first-order valence-electron chi connectivity index (χ1n) is 7.06. The highest BCUT2D eigenvalue weighted by molar-refractivity contribution is 5.47. The van der Waals surface area contributed by atoms with Crippen molar-refractivity contribution in [1.29, 1.82) is 0 Å². The second-order valence-electron chi connectivity index (χ2n) is 6.84. The number of ether oxygens (including phenoxy) is 2. The van der Waals surface area contributed by atoms with E-state index in [1.165, 1.54) is 0 Å². The number of rotatable bonds is 3. The second kappa shape index (κ2) is 5.26. The fraction of sp³-hybridized carbons (Fsp3) is 0.625. The van der Waals surface area contributed by atoms with Gasteiger partial charge >= 0.3 is 0 Å². The Labute approximate surface area is 121 Å². The molecule has 4 nitrogen and oxygen atoms in total. The van der Waals surface area contributed by atoms with Crippen LogP contribution in [-0.2, 0) is 11.3 Å². The zero-order valence-electron chi connectivity index (χ0n) is 13.2. The minimum Gasteiger partial charge on any atom is -0.496 e. The van der Waals surface area contributed by atoms with Crippen molar-refractivity contribution in [2.45, 2.75) is 45.4 Å². The smallest absolute Gasteiger partial charge is 0.123 e. The highest BCUT2D eigenvalue weighted by Gasteiger charge is 2.38. The van der Waals surface area contributed by atoms with Gasteiger partial charge in [0.2, 0.25) is 0 Å². The molecule has 2 N–H and O–H groups in total. The largest absolute Gasteiger partial charge is 0.496 e. The van der Waals surface area contributed by atoms with Gasteiger partial charge in [0.15, 0.2) is 0 Å². The van der Waals surface area contributed by atoms with E-state index in [2.05, 4.69) is 32.6 Å². The van der Waals surface area contributed by atoms with Gasteiger partial charge in [-0.15, -0.1) is 0 Å². The lowest BCUT2D eigenvalue weighted by molar-refractivity contribution is -0.182. The van der Waals surface area contributed by atoms with E-state index < -0.39 is 0 Å². The summed E-state index contributed by atoms with van der Waals surface area (Å²) in [5.41, 5.74) is 7.50. The summed E-state index contributed by atoms with van der Waals surface area (Å²) in [6.45, 7) is 11.2. The van der Waals surface area contributed by atoms with E-state index in [9.17, 15) is 0 Å². The third-order valence-electron chi connectivity index (χ3n) is 3.46. The molecule has 0 atom stereocenters. The molecular formula is C16H26N2O2. The van der Waals surface area contributed by atoms with Crippen LogP contribution in [0, 0.1) is 0 Å². The summed E-state index contributed by atoms with van der Waals surface area (Å²) >= 11 is 0. The van der Waals surface area contributed by atoms with Crippen LogP contribution in [0.4, 0.5) is 5.69 Å². The maximum absolute atomic E-state index is 6.11. The standard InChI is InChI=1S/C16H26N2O2/c1-15(2)10-18(11-16(3,4)20-15)9-12-8-13(17)6-7-14(12)19-5/h6-8H,9-11,17H2,1-5H3. The molecule has 0 aliphatic carbocycles. The Bertz CT molecular complexity index is 467. The van der Waals surface area contributed by atoms with Gasteiger partial charge in [0.25, 0.3) is 0 Å². The number of hydrogen-bond donors (Lipinski definition) is 1. The van der Waals surface area contributed by atoms with Gasteiger partial charge in [-0.05, 0) is 45.9 Å². The molecule has 0 bridgehead atoms. The number of benzene rings is 1. The van der Waals surface area contributed by atoms with Crippen LogP contribution < -0.4 is 10.5 Å². The van der Waals surface area contributed by atoms with Crippen LogP contribution in [0.3, 0.4) is 0 Å². The predicted molar refractivity (Wildman–Crippen MR) is 81.9 cm³/mol. The quantitative estimate of drug-likeness (QED) is 0.864. The Hall–Kier alpha value is -1.26. The third kappa shape index (κ3) is 3.64. The maximum Gasteiger partial charge on any atom is 0.123 e. The first kappa shape index (κ1) is 15.1. The van der Waals surface area contributed by atoms with Gasteiger partial charge in [0, 0.05) is 30.9 Å². The van der Waals surface area contributed by atoms with Crippen molar-refractivity contribution < 1.29 is 9.47 Å². The second-order valence-corrected chi connectivity index (χ2v) is 6.84. The fourth-order valence-corrected chi connectivity index (χ4v) is 3.22. The van der Waals surface area contributed by atoms with Crippen LogP contribution in [0.15, 0.2) is 18.2 Å². The Morgan fingerprint density at radius 3 is 2.35 bits per heavy atom. The molecule has 1 saturated heterocycles. The first-order valence-corrected chi connectivity index (χ1v) is 7.06. The molecule has 1 aromatic rings. The van der Waals surface area contributed by atoms with Crippen LogP contribution in [-0.4, -0.2) is 36.3 Å². The van der Waals surface area contributed by atoms with Crippen LogP contribution in [0.2, 0.25) is 0 Å². The lowest BCUT2D eigenvalue weighted by atomic mass is 9.98. The van der Waals surface area contributed by atoms with E-state index in [4.69, 9.17) is 15.2 Å². The average molecular weight is 278 g/mol. The average Bonchev–Trinajstić information content (AvgIpc) is 2.24. The molecule has 1 aliphatic rings. The van der Waals surface area contributed by atoms with Gasteiger partial charge in [-0.1, -0.05) is 0 Å². The van der Waals surface area contributed by atoms with Gasteiger partial charge in [-0.25, -0.2) is 0 Å². The summed E-state index contributed by atoms with van der Waals surface area (Å²) < 4.78 is 11.5. The maximum atomic E-state index is 6.11. The van der Waals surface area contributed by atoms with Gasteiger partial charge in [0.05, 0.1) is 18.3 Å². The summed E-state index contributed by atoms with van der Waals surface area (Å²) in [6, 6.07) is 5.80. The number of methoxy groups -OCH3 is 1. The molecule has 0 unspecified atom stereocenters. The van der Waals surface area contributed by atoms with E-state index in [1.54, 1.807) is 7.11 Å². The number of nitrogens with zero attached hydrogens (tertiary/aromatic N) is 1. The molecule has 20 heavy (non-hydrogen) atoms. The van der Waals surface area contributed by atoms with Crippen molar-refractivity contribution in [3.05, 3.63) is 23.8 Å². The molecule has 0 saturated carbocycles. The fourth-order valence-electron chi connectivity index (χ4n) is 3.22. The van der Waals surface area contributed by atoms with Crippen molar-refractivity contribution in [3.8, 4) is 5.75 Å². The van der Waals surface area contributed by atoms with E-state index >= 15 is 0 Å². The molecule has 1 fully saturated rings. The lowest BCUT2D eigenvalue weighted by Gasteiger charge is -2.47. The highest BCUT2D eigenvalue weighted by Crippen LogP contribution is 2.31. The van der Waals surface area contributed by atoms with E-state index in [0.717, 1.165) is 36.6 Å². The molecular weight excluding hydrogens is 252 g/mol. The molecule has 1 heterocycles. The van der Waals surface area contributed by atoms with Gasteiger partial charge in [0.1, 0.15) is 5.75 Å². The SMILES string of the molecule is COc1ccc(N)cc1CN1CC(C)(C)OC(C)(C)C1. The number of nitrogen functional groups attached to an aromatic ring is 1.